The molecule has 8 heteroatoms. The molecule has 0 aromatic carbocycles. The molecule has 1 atom stereocenters. The van der Waals surface area contributed by atoms with Gasteiger partial charge >= 0.3 is 0 Å². The van der Waals surface area contributed by atoms with Crippen LogP contribution in [0.15, 0.2) is 4.99 Å². The van der Waals surface area contributed by atoms with E-state index in [0.717, 1.165) is 77.6 Å². The van der Waals surface area contributed by atoms with Crippen LogP contribution in [0.2, 0.25) is 0 Å². The van der Waals surface area contributed by atoms with E-state index < -0.39 is 0 Å². The van der Waals surface area contributed by atoms with Gasteiger partial charge in [-0.3, -0.25) is 14.7 Å². The molecule has 1 aliphatic heterocycles. The number of guanidine groups is 1. The van der Waals surface area contributed by atoms with Crippen LogP contribution in [-0.2, 0) is 9.53 Å². The molecule has 1 amide bonds. The highest BCUT2D eigenvalue weighted by Crippen LogP contribution is 2.26. The Labute approximate surface area is 200 Å². The van der Waals surface area contributed by atoms with Crippen molar-refractivity contribution < 1.29 is 9.53 Å². The topological polar surface area (TPSA) is 69.2 Å². The van der Waals surface area contributed by atoms with Gasteiger partial charge in [0.05, 0.1) is 6.10 Å². The smallest absolute Gasteiger partial charge is 0.225 e. The van der Waals surface area contributed by atoms with Crippen molar-refractivity contribution in [1.29, 1.82) is 0 Å². The summed E-state index contributed by atoms with van der Waals surface area (Å²) in [4.78, 5) is 21.4. The molecule has 2 rings (SSSR count). The maximum Gasteiger partial charge on any atom is 0.225 e. The SMILES string of the molecule is CCOC(CCNC(=NC)NCCN1CCN(C(=O)C2CCCC2)CC1)C(C)C.I. The van der Waals surface area contributed by atoms with E-state index in [1.165, 1.54) is 12.8 Å². The number of amides is 1. The Morgan fingerprint density at radius 1 is 1.10 bits per heavy atom. The minimum absolute atomic E-state index is 0. The molecule has 2 N–H and O–H groups in total. The minimum atomic E-state index is 0. The van der Waals surface area contributed by atoms with Gasteiger partial charge in [-0.25, -0.2) is 0 Å². The van der Waals surface area contributed by atoms with Gasteiger partial charge in [0, 0.05) is 65.4 Å². The fraction of sp³-hybridized carbons (Fsp3) is 0.909. The van der Waals surface area contributed by atoms with E-state index in [1.54, 1.807) is 0 Å². The second-order valence-corrected chi connectivity index (χ2v) is 8.60. The van der Waals surface area contributed by atoms with Crippen LogP contribution in [0.3, 0.4) is 0 Å². The Morgan fingerprint density at radius 2 is 1.73 bits per heavy atom. The molecular weight excluding hydrogens is 493 g/mol. The van der Waals surface area contributed by atoms with E-state index in [1.807, 2.05) is 14.0 Å². The number of hydrogen-bond donors (Lipinski definition) is 2. The fourth-order valence-corrected chi connectivity index (χ4v) is 4.33. The zero-order valence-electron chi connectivity index (χ0n) is 19.5. The normalized spacial score (nSPS) is 19.6. The third kappa shape index (κ3) is 9.26. The molecular formula is C22H44IN5O2. The summed E-state index contributed by atoms with van der Waals surface area (Å²) in [5.41, 5.74) is 0. The number of halogens is 1. The molecule has 0 aromatic heterocycles. The van der Waals surface area contributed by atoms with Crippen molar-refractivity contribution in [2.24, 2.45) is 16.8 Å². The molecule has 176 valence electrons. The summed E-state index contributed by atoms with van der Waals surface area (Å²) in [5, 5.41) is 6.80. The zero-order chi connectivity index (χ0) is 21.1. The predicted molar refractivity (Wildman–Crippen MR) is 135 cm³/mol. The number of aliphatic imine (C=N–C) groups is 1. The summed E-state index contributed by atoms with van der Waals surface area (Å²) in [6.07, 6.45) is 5.90. The van der Waals surface area contributed by atoms with Gasteiger partial charge in [0.25, 0.3) is 0 Å². The number of carbonyl (C=O) groups excluding carboxylic acids is 1. The molecule has 0 bridgehead atoms. The number of nitrogens with zero attached hydrogens (tertiary/aromatic N) is 3. The van der Waals surface area contributed by atoms with E-state index in [-0.39, 0.29) is 30.1 Å². The van der Waals surface area contributed by atoms with Crippen LogP contribution in [-0.4, -0.2) is 87.2 Å². The van der Waals surface area contributed by atoms with Gasteiger partial charge in [-0.15, -0.1) is 24.0 Å². The molecule has 1 saturated heterocycles. The van der Waals surface area contributed by atoms with Gasteiger partial charge < -0.3 is 20.3 Å². The first-order valence-electron chi connectivity index (χ1n) is 11.6. The molecule has 7 nitrogen and oxygen atoms in total. The van der Waals surface area contributed by atoms with E-state index in [2.05, 4.69) is 39.3 Å². The molecule has 0 radical (unpaired) electrons. The highest BCUT2D eigenvalue weighted by Gasteiger charge is 2.29. The van der Waals surface area contributed by atoms with Crippen molar-refractivity contribution in [3.8, 4) is 0 Å². The Morgan fingerprint density at radius 3 is 2.30 bits per heavy atom. The standard InChI is InChI=1S/C22H43N5O2.HI/c1-5-29-20(18(2)3)10-11-24-22(23-4)25-12-13-26-14-16-27(17-15-26)21(28)19-8-6-7-9-19;/h18-20H,5-17H2,1-4H3,(H2,23,24,25);1H. The summed E-state index contributed by atoms with van der Waals surface area (Å²) in [6.45, 7) is 13.6. The molecule has 1 aliphatic carbocycles. The Bertz CT molecular complexity index is 504. The van der Waals surface area contributed by atoms with E-state index in [9.17, 15) is 4.79 Å². The average Bonchev–Trinajstić information content (AvgIpc) is 3.26. The molecule has 1 saturated carbocycles. The van der Waals surface area contributed by atoms with Crippen LogP contribution >= 0.6 is 24.0 Å². The average molecular weight is 538 g/mol. The molecule has 0 aromatic rings. The number of rotatable bonds is 10. The number of piperazine rings is 1. The molecule has 0 spiro atoms. The van der Waals surface area contributed by atoms with Crippen molar-refractivity contribution in [3.05, 3.63) is 0 Å². The monoisotopic (exact) mass is 537 g/mol. The number of hydrogen-bond acceptors (Lipinski definition) is 4. The molecule has 2 fully saturated rings. The van der Waals surface area contributed by atoms with Crippen LogP contribution in [0.25, 0.3) is 0 Å². The highest BCUT2D eigenvalue weighted by molar-refractivity contribution is 14.0. The molecule has 2 aliphatic rings. The summed E-state index contributed by atoms with van der Waals surface area (Å²) >= 11 is 0. The lowest BCUT2D eigenvalue weighted by atomic mass is 10.0. The maximum atomic E-state index is 12.5. The van der Waals surface area contributed by atoms with Crippen molar-refractivity contribution in [1.82, 2.24) is 20.4 Å². The second-order valence-electron chi connectivity index (χ2n) is 8.60. The van der Waals surface area contributed by atoms with Gasteiger partial charge in [0.2, 0.25) is 5.91 Å². The van der Waals surface area contributed by atoms with Crippen LogP contribution in [0.4, 0.5) is 0 Å². The van der Waals surface area contributed by atoms with Gasteiger partial charge in [0.1, 0.15) is 0 Å². The Kier molecular flexibility index (Phi) is 13.9. The van der Waals surface area contributed by atoms with Crippen molar-refractivity contribution in [2.45, 2.75) is 59.0 Å². The van der Waals surface area contributed by atoms with Crippen LogP contribution in [0.1, 0.15) is 52.9 Å². The molecule has 1 unspecified atom stereocenters. The Balaban J connectivity index is 0.00000450. The molecule has 1 heterocycles. The first-order chi connectivity index (χ1) is 14.0. The highest BCUT2D eigenvalue weighted by atomic mass is 127. The van der Waals surface area contributed by atoms with Crippen LogP contribution < -0.4 is 10.6 Å². The van der Waals surface area contributed by atoms with Crippen molar-refractivity contribution in [3.63, 3.8) is 0 Å². The lowest BCUT2D eigenvalue weighted by molar-refractivity contribution is -0.137. The van der Waals surface area contributed by atoms with Gasteiger partial charge in [0.15, 0.2) is 5.96 Å². The van der Waals surface area contributed by atoms with E-state index in [0.29, 0.717) is 17.7 Å². The lowest BCUT2D eigenvalue weighted by Gasteiger charge is -2.36. The van der Waals surface area contributed by atoms with E-state index in [4.69, 9.17) is 4.74 Å². The first kappa shape index (κ1) is 27.4. The van der Waals surface area contributed by atoms with Gasteiger partial charge in [-0.1, -0.05) is 26.7 Å². The molecule has 30 heavy (non-hydrogen) atoms. The van der Waals surface area contributed by atoms with Crippen molar-refractivity contribution >= 4 is 35.8 Å². The van der Waals surface area contributed by atoms with Crippen LogP contribution in [0, 0.1) is 11.8 Å². The van der Waals surface area contributed by atoms with Gasteiger partial charge in [-0.05, 0) is 32.1 Å². The van der Waals surface area contributed by atoms with Crippen molar-refractivity contribution in [2.75, 3.05) is 59.5 Å². The predicted octanol–water partition coefficient (Wildman–Crippen LogP) is 2.56. The lowest BCUT2D eigenvalue weighted by Crippen LogP contribution is -2.52. The first-order valence-corrected chi connectivity index (χ1v) is 11.6. The summed E-state index contributed by atoms with van der Waals surface area (Å²) in [6, 6.07) is 0. The summed E-state index contributed by atoms with van der Waals surface area (Å²) in [7, 11) is 1.81. The summed E-state index contributed by atoms with van der Waals surface area (Å²) in [5.74, 6) is 2.07. The minimum Gasteiger partial charge on any atom is -0.378 e. The van der Waals surface area contributed by atoms with Gasteiger partial charge in [-0.2, -0.15) is 0 Å². The zero-order valence-corrected chi connectivity index (χ0v) is 21.8. The Hall–Kier alpha value is -0.610. The maximum absolute atomic E-state index is 12.5. The largest absolute Gasteiger partial charge is 0.378 e. The van der Waals surface area contributed by atoms with Crippen LogP contribution in [0.5, 0.6) is 0 Å². The number of carbonyl (C=O) groups is 1. The third-order valence-corrected chi connectivity index (χ3v) is 6.18. The number of nitrogens with one attached hydrogen (secondary N) is 2. The fourth-order valence-electron chi connectivity index (χ4n) is 4.33. The number of ether oxygens (including phenoxy) is 1. The summed E-state index contributed by atoms with van der Waals surface area (Å²) < 4.78 is 5.80. The third-order valence-electron chi connectivity index (χ3n) is 6.18. The quantitative estimate of drug-likeness (QED) is 0.255. The van der Waals surface area contributed by atoms with E-state index >= 15 is 0 Å². The second kappa shape index (κ2) is 15.2.